The molecule has 4 nitrogen and oxygen atoms in total. The maximum absolute atomic E-state index is 6.24. The molecule has 0 aliphatic carbocycles. The Morgan fingerprint density at radius 3 is 3.10 bits per heavy atom. The Labute approximate surface area is 130 Å². The molecule has 0 saturated heterocycles. The molecule has 2 heterocycles. The van der Waals surface area contributed by atoms with E-state index in [2.05, 4.69) is 21.8 Å². The zero-order valence-corrected chi connectivity index (χ0v) is 13.2. The molecule has 0 spiro atoms. The van der Waals surface area contributed by atoms with Gasteiger partial charge in [-0.2, -0.15) is 0 Å². The molecule has 1 N–H and O–H groups in total. The second-order valence-corrected chi connectivity index (χ2v) is 5.75. The fourth-order valence-electron chi connectivity index (χ4n) is 2.76. The van der Waals surface area contributed by atoms with Crippen LogP contribution in [0, 0.1) is 6.92 Å². The highest BCUT2D eigenvalue weighted by atomic mass is 35.5. The third-order valence-corrected chi connectivity index (χ3v) is 4.07. The van der Waals surface area contributed by atoms with Crippen LogP contribution in [0.5, 0.6) is 5.75 Å². The minimum atomic E-state index is 0.745. The first-order valence-electron chi connectivity index (χ1n) is 7.35. The highest BCUT2D eigenvalue weighted by Gasteiger charge is 2.19. The van der Waals surface area contributed by atoms with Gasteiger partial charge >= 0.3 is 0 Å². The highest BCUT2D eigenvalue weighted by Crippen LogP contribution is 2.33. The summed E-state index contributed by atoms with van der Waals surface area (Å²) < 4.78 is 8.00. The van der Waals surface area contributed by atoms with Crippen molar-refractivity contribution < 1.29 is 4.74 Å². The summed E-state index contributed by atoms with van der Waals surface area (Å²) in [4.78, 5) is 4.43. The van der Waals surface area contributed by atoms with Crippen LogP contribution >= 0.6 is 11.6 Å². The molecule has 0 atom stereocenters. The van der Waals surface area contributed by atoms with Gasteiger partial charge in [-0.15, -0.1) is 0 Å². The molecule has 0 saturated carbocycles. The first kappa shape index (κ1) is 14.4. The number of nitrogens with zero attached hydrogens (tertiary/aromatic N) is 2. The number of hydrogen-bond donors (Lipinski definition) is 1. The Balaban J connectivity index is 1.92. The van der Waals surface area contributed by atoms with Gasteiger partial charge in [-0.1, -0.05) is 18.5 Å². The van der Waals surface area contributed by atoms with Gasteiger partial charge in [0, 0.05) is 29.7 Å². The van der Waals surface area contributed by atoms with E-state index in [4.69, 9.17) is 16.3 Å². The minimum absolute atomic E-state index is 0.745. The van der Waals surface area contributed by atoms with E-state index in [1.165, 1.54) is 11.3 Å². The van der Waals surface area contributed by atoms with Gasteiger partial charge in [0.15, 0.2) is 0 Å². The fraction of sp³-hybridized carbons (Fsp3) is 0.438. The standard InChI is InChI=1S/C16H20ClN3O/c1-3-18-8-15-9-19-11(2)20(15)10-13-7-14(17)6-12-4-5-21-16(12)13/h6-7,9,18H,3-5,8,10H2,1-2H3. The number of halogens is 1. The summed E-state index contributed by atoms with van der Waals surface area (Å²) >= 11 is 6.24. The van der Waals surface area contributed by atoms with E-state index in [9.17, 15) is 0 Å². The van der Waals surface area contributed by atoms with E-state index in [1.807, 2.05) is 25.3 Å². The van der Waals surface area contributed by atoms with E-state index in [1.54, 1.807) is 0 Å². The van der Waals surface area contributed by atoms with Crippen LogP contribution in [0.15, 0.2) is 18.3 Å². The predicted molar refractivity (Wildman–Crippen MR) is 84.1 cm³/mol. The van der Waals surface area contributed by atoms with Crippen LogP contribution < -0.4 is 10.1 Å². The third-order valence-electron chi connectivity index (χ3n) is 3.85. The number of aromatic nitrogens is 2. The second-order valence-electron chi connectivity index (χ2n) is 5.31. The van der Waals surface area contributed by atoms with Gasteiger partial charge in [0.05, 0.1) is 18.8 Å². The van der Waals surface area contributed by atoms with E-state index < -0.39 is 0 Å². The Morgan fingerprint density at radius 2 is 2.29 bits per heavy atom. The largest absolute Gasteiger partial charge is 0.493 e. The van der Waals surface area contributed by atoms with Crippen LogP contribution in [0.1, 0.15) is 29.6 Å². The Morgan fingerprint density at radius 1 is 1.43 bits per heavy atom. The lowest BCUT2D eigenvalue weighted by molar-refractivity contribution is 0.352. The summed E-state index contributed by atoms with van der Waals surface area (Å²) in [6, 6.07) is 4.01. The lowest BCUT2D eigenvalue weighted by Crippen LogP contribution is -2.16. The molecule has 0 bridgehead atoms. The maximum atomic E-state index is 6.24. The molecule has 1 aliphatic rings. The van der Waals surface area contributed by atoms with Crippen molar-refractivity contribution in [3.8, 4) is 5.75 Å². The van der Waals surface area contributed by atoms with Crippen molar-refractivity contribution in [1.82, 2.24) is 14.9 Å². The molecule has 0 amide bonds. The summed E-state index contributed by atoms with van der Waals surface area (Å²) in [6.07, 6.45) is 2.87. The Kier molecular flexibility index (Phi) is 4.17. The van der Waals surface area contributed by atoms with Crippen molar-refractivity contribution in [2.24, 2.45) is 0 Å². The van der Waals surface area contributed by atoms with E-state index in [0.717, 1.165) is 54.8 Å². The molecule has 1 aromatic heterocycles. The molecule has 5 heteroatoms. The molecular formula is C16H20ClN3O. The quantitative estimate of drug-likeness (QED) is 0.923. The molecule has 3 rings (SSSR count). The first-order valence-corrected chi connectivity index (χ1v) is 7.72. The molecule has 0 fully saturated rings. The summed E-state index contributed by atoms with van der Waals surface area (Å²) in [5.41, 5.74) is 3.53. The Bertz CT molecular complexity index is 651. The molecule has 0 radical (unpaired) electrons. The van der Waals surface area contributed by atoms with Crippen LogP contribution in [0.4, 0.5) is 0 Å². The summed E-state index contributed by atoms with van der Waals surface area (Å²) in [6.45, 7) is 7.39. The van der Waals surface area contributed by atoms with Gasteiger partial charge in [-0.25, -0.2) is 4.98 Å². The number of imidazole rings is 1. The van der Waals surface area contributed by atoms with Crippen molar-refractivity contribution in [1.29, 1.82) is 0 Å². The van der Waals surface area contributed by atoms with Gasteiger partial charge in [0.2, 0.25) is 0 Å². The van der Waals surface area contributed by atoms with Crippen LogP contribution in [0.25, 0.3) is 0 Å². The van der Waals surface area contributed by atoms with Gasteiger partial charge < -0.3 is 14.6 Å². The number of rotatable bonds is 5. The summed E-state index contributed by atoms with van der Waals surface area (Å²) in [5, 5.41) is 4.13. The van der Waals surface area contributed by atoms with Gasteiger partial charge in [0.25, 0.3) is 0 Å². The molecule has 1 aromatic carbocycles. The van der Waals surface area contributed by atoms with E-state index in [-0.39, 0.29) is 0 Å². The zero-order valence-electron chi connectivity index (χ0n) is 12.4. The number of hydrogen-bond acceptors (Lipinski definition) is 3. The highest BCUT2D eigenvalue weighted by molar-refractivity contribution is 6.30. The number of aryl methyl sites for hydroxylation is 1. The number of ether oxygens (including phenoxy) is 1. The second kappa shape index (κ2) is 6.08. The lowest BCUT2D eigenvalue weighted by Gasteiger charge is -2.14. The number of fused-ring (bicyclic) bond motifs is 1. The molecule has 2 aromatic rings. The third kappa shape index (κ3) is 2.92. The van der Waals surface area contributed by atoms with Crippen molar-refractivity contribution in [3.05, 3.63) is 46.0 Å². The topological polar surface area (TPSA) is 39.1 Å². The van der Waals surface area contributed by atoms with Crippen LogP contribution in [0.2, 0.25) is 5.02 Å². The molecular weight excluding hydrogens is 286 g/mol. The molecule has 0 unspecified atom stereocenters. The summed E-state index contributed by atoms with van der Waals surface area (Å²) in [7, 11) is 0. The van der Waals surface area contributed by atoms with Gasteiger partial charge in [-0.05, 0) is 31.2 Å². The average Bonchev–Trinajstić information content (AvgIpc) is 3.05. The van der Waals surface area contributed by atoms with E-state index in [0.29, 0.717) is 0 Å². The fourth-order valence-corrected chi connectivity index (χ4v) is 3.02. The van der Waals surface area contributed by atoms with Gasteiger partial charge in [-0.3, -0.25) is 0 Å². The smallest absolute Gasteiger partial charge is 0.127 e. The van der Waals surface area contributed by atoms with Crippen LogP contribution in [-0.2, 0) is 19.5 Å². The van der Waals surface area contributed by atoms with Crippen molar-refractivity contribution in [2.75, 3.05) is 13.2 Å². The minimum Gasteiger partial charge on any atom is -0.493 e. The van der Waals surface area contributed by atoms with Gasteiger partial charge in [0.1, 0.15) is 11.6 Å². The SMILES string of the molecule is CCNCc1cnc(C)n1Cc1cc(Cl)cc2c1OCC2. The molecule has 21 heavy (non-hydrogen) atoms. The average molecular weight is 306 g/mol. The predicted octanol–water partition coefficient (Wildman–Crippen LogP) is 2.94. The molecule has 112 valence electrons. The zero-order chi connectivity index (χ0) is 14.8. The van der Waals surface area contributed by atoms with Crippen LogP contribution in [0.3, 0.4) is 0 Å². The number of benzene rings is 1. The normalized spacial score (nSPS) is 13.3. The van der Waals surface area contributed by atoms with Crippen LogP contribution in [-0.4, -0.2) is 22.7 Å². The Hall–Kier alpha value is -1.52. The molecule has 1 aliphatic heterocycles. The maximum Gasteiger partial charge on any atom is 0.127 e. The van der Waals surface area contributed by atoms with E-state index >= 15 is 0 Å². The summed E-state index contributed by atoms with van der Waals surface area (Å²) in [5.74, 6) is 2.01. The monoisotopic (exact) mass is 305 g/mol. The first-order chi connectivity index (χ1) is 10.2. The van der Waals surface area contributed by atoms with Crippen molar-refractivity contribution >= 4 is 11.6 Å². The van der Waals surface area contributed by atoms with Crippen molar-refractivity contribution in [2.45, 2.75) is 33.4 Å². The lowest BCUT2D eigenvalue weighted by atomic mass is 10.1. The number of nitrogens with one attached hydrogen (secondary N) is 1. The van der Waals surface area contributed by atoms with Crippen molar-refractivity contribution in [3.63, 3.8) is 0 Å².